The summed E-state index contributed by atoms with van der Waals surface area (Å²) in [4.78, 5) is 17.9. The van der Waals surface area contributed by atoms with Crippen LogP contribution in [0.25, 0.3) is 5.65 Å². The van der Waals surface area contributed by atoms with E-state index in [1.807, 2.05) is 24.3 Å². The summed E-state index contributed by atoms with van der Waals surface area (Å²) in [6.45, 7) is 6.34. The fourth-order valence-electron chi connectivity index (χ4n) is 3.19. The van der Waals surface area contributed by atoms with Gasteiger partial charge in [0.25, 0.3) is 0 Å². The molecule has 2 unspecified atom stereocenters. The van der Waals surface area contributed by atoms with Crippen LogP contribution < -0.4 is 0 Å². The van der Waals surface area contributed by atoms with E-state index in [0.29, 0.717) is 17.3 Å². The number of hydrogen-bond donors (Lipinski definition) is 1. The van der Waals surface area contributed by atoms with Crippen LogP contribution in [0.3, 0.4) is 0 Å². The van der Waals surface area contributed by atoms with Crippen molar-refractivity contribution in [3.8, 4) is 0 Å². The molecule has 2 aromatic rings. The SMILES string of the molecule is CC1CN(Cc2c(CC(=O)O)nc3ccc(Cl)cn23)CC(C)O1. The second kappa shape index (κ2) is 6.47. The van der Waals surface area contributed by atoms with Crippen LogP contribution >= 0.6 is 11.6 Å². The standard InChI is InChI=1S/C16H20ClN3O3/c1-10-6-19(7-11(2)23-10)9-14-13(5-16(21)22)18-15-4-3-12(17)8-20(14)15/h3-4,8,10-11H,5-7,9H2,1-2H3,(H,21,22). The topological polar surface area (TPSA) is 67.1 Å². The Kier molecular flexibility index (Phi) is 4.57. The minimum Gasteiger partial charge on any atom is -0.481 e. The number of nitrogens with zero attached hydrogens (tertiary/aromatic N) is 3. The van der Waals surface area contributed by atoms with Crippen LogP contribution in [-0.2, 0) is 22.5 Å². The van der Waals surface area contributed by atoms with Gasteiger partial charge >= 0.3 is 5.97 Å². The Morgan fingerprint density at radius 3 is 2.74 bits per heavy atom. The number of carboxylic acid groups (broad SMARTS) is 1. The highest BCUT2D eigenvalue weighted by atomic mass is 35.5. The molecule has 7 heteroatoms. The highest BCUT2D eigenvalue weighted by Crippen LogP contribution is 2.21. The molecule has 0 spiro atoms. The molecule has 1 aliphatic rings. The van der Waals surface area contributed by atoms with E-state index in [1.165, 1.54) is 0 Å². The van der Waals surface area contributed by atoms with Crippen LogP contribution in [0, 0.1) is 0 Å². The first kappa shape index (κ1) is 16.2. The Bertz CT molecular complexity index is 721. The fraction of sp³-hybridized carbons (Fsp3) is 0.500. The Morgan fingerprint density at radius 2 is 2.09 bits per heavy atom. The summed E-state index contributed by atoms with van der Waals surface area (Å²) in [6.07, 6.45) is 2.01. The summed E-state index contributed by atoms with van der Waals surface area (Å²) in [5.41, 5.74) is 2.19. The molecule has 0 bridgehead atoms. The Hall–Kier alpha value is -1.63. The third-order valence-electron chi connectivity index (χ3n) is 3.95. The Balaban J connectivity index is 1.96. The fourth-order valence-corrected chi connectivity index (χ4v) is 3.35. The Labute approximate surface area is 139 Å². The molecule has 124 valence electrons. The van der Waals surface area contributed by atoms with Crippen LogP contribution in [0.5, 0.6) is 0 Å². The smallest absolute Gasteiger partial charge is 0.309 e. The number of carboxylic acids is 1. The van der Waals surface area contributed by atoms with Crippen molar-refractivity contribution >= 4 is 23.2 Å². The number of fused-ring (bicyclic) bond motifs is 1. The lowest BCUT2D eigenvalue weighted by Gasteiger charge is -2.35. The van der Waals surface area contributed by atoms with Crippen molar-refractivity contribution in [2.75, 3.05) is 13.1 Å². The predicted molar refractivity (Wildman–Crippen MR) is 86.8 cm³/mol. The molecule has 0 amide bonds. The number of ether oxygens (including phenoxy) is 1. The summed E-state index contributed by atoms with van der Waals surface area (Å²) in [6, 6.07) is 3.57. The lowest BCUT2D eigenvalue weighted by atomic mass is 10.2. The third kappa shape index (κ3) is 3.65. The van der Waals surface area contributed by atoms with Gasteiger partial charge in [-0.1, -0.05) is 11.6 Å². The van der Waals surface area contributed by atoms with E-state index in [0.717, 1.165) is 24.4 Å². The van der Waals surface area contributed by atoms with Gasteiger partial charge in [0.05, 0.1) is 35.0 Å². The number of carbonyl (C=O) groups is 1. The zero-order valence-electron chi connectivity index (χ0n) is 13.2. The quantitative estimate of drug-likeness (QED) is 0.926. The molecule has 3 rings (SSSR count). The molecule has 0 aromatic carbocycles. The van der Waals surface area contributed by atoms with E-state index in [4.69, 9.17) is 21.4 Å². The van der Waals surface area contributed by atoms with Gasteiger partial charge < -0.3 is 14.2 Å². The molecular weight excluding hydrogens is 318 g/mol. The molecular formula is C16H20ClN3O3. The van der Waals surface area contributed by atoms with Crippen LogP contribution in [0.2, 0.25) is 5.02 Å². The molecule has 0 radical (unpaired) electrons. The first-order chi connectivity index (χ1) is 10.9. The molecule has 2 aromatic heterocycles. The first-order valence-corrected chi connectivity index (χ1v) is 8.05. The number of halogens is 1. The molecule has 6 nitrogen and oxygen atoms in total. The summed E-state index contributed by atoms with van der Waals surface area (Å²) >= 11 is 6.10. The molecule has 1 aliphatic heterocycles. The van der Waals surface area contributed by atoms with Crippen molar-refractivity contribution in [2.45, 2.75) is 39.0 Å². The molecule has 1 fully saturated rings. The molecule has 0 saturated carbocycles. The molecule has 0 aliphatic carbocycles. The predicted octanol–water partition coefficient (Wildman–Crippen LogP) is 2.22. The number of aliphatic carboxylic acids is 1. The highest BCUT2D eigenvalue weighted by molar-refractivity contribution is 6.30. The molecule has 23 heavy (non-hydrogen) atoms. The van der Waals surface area contributed by atoms with E-state index in [2.05, 4.69) is 9.88 Å². The van der Waals surface area contributed by atoms with E-state index in [-0.39, 0.29) is 18.6 Å². The summed E-state index contributed by atoms with van der Waals surface area (Å²) in [7, 11) is 0. The maximum atomic E-state index is 11.2. The molecule has 3 heterocycles. The van der Waals surface area contributed by atoms with Gasteiger partial charge in [-0.05, 0) is 26.0 Å². The zero-order chi connectivity index (χ0) is 16.6. The first-order valence-electron chi connectivity index (χ1n) is 7.67. The average Bonchev–Trinajstić information content (AvgIpc) is 2.74. The normalized spacial score (nSPS) is 22.6. The Morgan fingerprint density at radius 1 is 1.39 bits per heavy atom. The minimum atomic E-state index is -0.885. The lowest BCUT2D eigenvalue weighted by Crippen LogP contribution is -2.45. The van der Waals surface area contributed by atoms with E-state index in [1.54, 1.807) is 12.3 Å². The van der Waals surface area contributed by atoms with Crippen LogP contribution in [-0.4, -0.2) is 50.7 Å². The zero-order valence-corrected chi connectivity index (χ0v) is 14.0. The maximum Gasteiger partial charge on any atom is 0.309 e. The van der Waals surface area contributed by atoms with Crippen molar-refractivity contribution in [1.82, 2.24) is 14.3 Å². The van der Waals surface area contributed by atoms with Gasteiger partial charge in [-0.15, -0.1) is 0 Å². The van der Waals surface area contributed by atoms with Gasteiger partial charge in [0, 0.05) is 25.8 Å². The summed E-state index contributed by atoms with van der Waals surface area (Å²) < 4.78 is 7.65. The van der Waals surface area contributed by atoms with E-state index < -0.39 is 5.97 Å². The van der Waals surface area contributed by atoms with Crippen molar-refractivity contribution < 1.29 is 14.6 Å². The number of imidazole rings is 1. The number of aromatic nitrogens is 2. The molecule has 1 saturated heterocycles. The number of rotatable bonds is 4. The van der Waals surface area contributed by atoms with Gasteiger partial charge in [0.1, 0.15) is 5.65 Å². The van der Waals surface area contributed by atoms with E-state index in [9.17, 15) is 4.79 Å². The van der Waals surface area contributed by atoms with Crippen molar-refractivity contribution in [3.05, 3.63) is 34.7 Å². The molecule has 1 N–H and O–H groups in total. The largest absolute Gasteiger partial charge is 0.481 e. The van der Waals surface area contributed by atoms with Gasteiger partial charge in [0.2, 0.25) is 0 Å². The maximum absolute atomic E-state index is 11.2. The number of morpholine rings is 1. The van der Waals surface area contributed by atoms with Crippen molar-refractivity contribution in [1.29, 1.82) is 0 Å². The lowest BCUT2D eigenvalue weighted by molar-refractivity contribution is -0.136. The summed E-state index contributed by atoms with van der Waals surface area (Å²) in [5, 5.41) is 9.75. The second-order valence-corrected chi connectivity index (χ2v) is 6.54. The van der Waals surface area contributed by atoms with Crippen LogP contribution in [0.15, 0.2) is 18.3 Å². The minimum absolute atomic E-state index is 0.0932. The summed E-state index contributed by atoms with van der Waals surface area (Å²) in [5.74, 6) is -0.885. The molecule has 2 atom stereocenters. The van der Waals surface area contributed by atoms with Crippen LogP contribution in [0.4, 0.5) is 0 Å². The third-order valence-corrected chi connectivity index (χ3v) is 4.18. The number of hydrogen-bond acceptors (Lipinski definition) is 4. The average molecular weight is 338 g/mol. The number of pyridine rings is 1. The van der Waals surface area contributed by atoms with Crippen molar-refractivity contribution in [2.24, 2.45) is 0 Å². The van der Waals surface area contributed by atoms with Crippen LogP contribution in [0.1, 0.15) is 25.2 Å². The monoisotopic (exact) mass is 337 g/mol. The van der Waals surface area contributed by atoms with Gasteiger partial charge in [-0.25, -0.2) is 4.98 Å². The highest BCUT2D eigenvalue weighted by Gasteiger charge is 2.25. The van der Waals surface area contributed by atoms with E-state index >= 15 is 0 Å². The second-order valence-electron chi connectivity index (χ2n) is 6.10. The van der Waals surface area contributed by atoms with Gasteiger partial charge in [-0.2, -0.15) is 0 Å². The van der Waals surface area contributed by atoms with Crippen molar-refractivity contribution in [3.63, 3.8) is 0 Å². The van der Waals surface area contributed by atoms with Gasteiger partial charge in [0.15, 0.2) is 0 Å². The van der Waals surface area contributed by atoms with Gasteiger partial charge in [-0.3, -0.25) is 9.69 Å².